The van der Waals surface area contributed by atoms with Crippen molar-refractivity contribution in [1.29, 1.82) is 0 Å². The van der Waals surface area contributed by atoms with Crippen molar-refractivity contribution in [3.8, 4) is 0 Å². The summed E-state index contributed by atoms with van der Waals surface area (Å²) in [4.78, 5) is 3.97. The molecule has 0 saturated carbocycles. The van der Waals surface area contributed by atoms with E-state index in [0.29, 0.717) is 17.8 Å². The van der Waals surface area contributed by atoms with E-state index in [1.165, 1.54) is 12.1 Å². The van der Waals surface area contributed by atoms with E-state index in [1.807, 2.05) is 13.0 Å². The second-order valence-corrected chi connectivity index (χ2v) is 3.95. The summed E-state index contributed by atoms with van der Waals surface area (Å²) in [6, 6.07) is 5.27. The Balaban J connectivity index is 2.38. The number of rotatable bonds is 2. The van der Waals surface area contributed by atoms with E-state index in [-0.39, 0.29) is 0 Å². The van der Waals surface area contributed by atoms with E-state index >= 15 is 0 Å². The molecular weight excluding hydrogens is 222 g/mol. The molecule has 0 aliphatic heterocycles. The van der Waals surface area contributed by atoms with Crippen LogP contribution in [0.25, 0.3) is 0 Å². The Morgan fingerprint density at radius 2 is 1.82 bits per heavy atom. The number of pyridine rings is 1. The molecule has 2 aromatic rings. The molecule has 2 N–H and O–H groups in total. The summed E-state index contributed by atoms with van der Waals surface area (Å²) in [6.07, 6.45) is 1.99. The first-order valence-electron chi connectivity index (χ1n) is 5.21. The van der Waals surface area contributed by atoms with Crippen molar-refractivity contribution in [2.45, 2.75) is 13.3 Å². The second kappa shape index (κ2) is 4.49. The minimum atomic E-state index is -0.583. The molecule has 2 rings (SSSR count). The van der Waals surface area contributed by atoms with Crippen LogP contribution < -0.4 is 5.73 Å². The Morgan fingerprint density at radius 3 is 2.41 bits per heavy atom. The smallest absolute Gasteiger partial charge is 0.127 e. The SMILES string of the molecule is Cc1ccnc(N)c1Cc1cc(F)cc(F)c1. The summed E-state index contributed by atoms with van der Waals surface area (Å²) in [6.45, 7) is 1.89. The monoisotopic (exact) mass is 234 g/mol. The molecule has 0 amide bonds. The van der Waals surface area contributed by atoms with Gasteiger partial charge in [0.1, 0.15) is 17.5 Å². The molecule has 0 aliphatic carbocycles. The van der Waals surface area contributed by atoms with Crippen LogP contribution in [0.4, 0.5) is 14.6 Å². The van der Waals surface area contributed by atoms with Crippen molar-refractivity contribution in [1.82, 2.24) is 4.98 Å². The lowest BCUT2D eigenvalue weighted by Crippen LogP contribution is -2.01. The fraction of sp³-hybridized carbons (Fsp3) is 0.154. The molecule has 2 nitrogen and oxygen atoms in total. The molecule has 0 aliphatic rings. The normalized spacial score (nSPS) is 10.5. The van der Waals surface area contributed by atoms with Crippen LogP contribution in [0.5, 0.6) is 0 Å². The third-order valence-corrected chi connectivity index (χ3v) is 2.63. The first-order valence-corrected chi connectivity index (χ1v) is 5.21. The highest BCUT2D eigenvalue weighted by atomic mass is 19.1. The zero-order valence-corrected chi connectivity index (χ0v) is 9.37. The van der Waals surface area contributed by atoms with Crippen LogP contribution in [-0.4, -0.2) is 4.98 Å². The first-order chi connectivity index (χ1) is 8.06. The maximum absolute atomic E-state index is 13.0. The second-order valence-electron chi connectivity index (χ2n) is 3.95. The highest BCUT2D eigenvalue weighted by molar-refractivity contribution is 5.46. The lowest BCUT2D eigenvalue weighted by atomic mass is 10.0. The number of anilines is 1. The van der Waals surface area contributed by atoms with Crippen molar-refractivity contribution in [3.63, 3.8) is 0 Å². The van der Waals surface area contributed by atoms with Crippen molar-refractivity contribution in [2.24, 2.45) is 0 Å². The van der Waals surface area contributed by atoms with Crippen LogP contribution in [0, 0.1) is 18.6 Å². The average molecular weight is 234 g/mol. The van der Waals surface area contributed by atoms with Gasteiger partial charge >= 0.3 is 0 Å². The number of nitrogens with zero attached hydrogens (tertiary/aromatic N) is 1. The van der Waals surface area contributed by atoms with Crippen LogP contribution >= 0.6 is 0 Å². The van der Waals surface area contributed by atoms with Gasteiger partial charge in [-0.2, -0.15) is 0 Å². The summed E-state index contributed by atoms with van der Waals surface area (Å²) >= 11 is 0. The Kier molecular flexibility index (Phi) is 3.04. The Labute approximate surface area is 98.1 Å². The number of benzene rings is 1. The lowest BCUT2D eigenvalue weighted by Gasteiger charge is -2.08. The molecule has 0 spiro atoms. The predicted octanol–water partition coefficient (Wildman–Crippen LogP) is 2.84. The van der Waals surface area contributed by atoms with Gasteiger partial charge in [-0.15, -0.1) is 0 Å². The molecule has 0 radical (unpaired) electrons. The van der Waals surface area contributed by atoms with Crippen LogP contribution in [0.2, 0.25) is 0 Å². The number of nitrogens with two attached hydrogens (primary N) is 1. The molecule has 0 fully saturated rings. The van der Waals surface area contributed by atoms with Crippen LogP contribution in [0.1, 0.15) is 16.7 Å². The zero-order valence-electron chi connectivity index (χ0n) is 9.37. The molecule has 0 bridgehead atoms. The van der Waals surface area contributed by atoms with Crippen molar-refractivity contribution >= 4 is 5.82 Å². The fourth-order valence-corrected chi connectivity index (χ4v) is 1.76. The first kappa shape index (κ1) is 11.5. The molecular formula is C13H12F2N2. The summed E-state index contributed by atoms with van der Waals surface area (Å²) in [5, 5.41) is 0. The largest absolute Gasteiger partial charge is 0.383 e. The number of nitrogen functional groups attached to an aromatic ring is 1. The Hall–Kier alpha value is -1.97. The molecule has 1 aromatic carbocycles. The number of halogens is 2. The molecule has 0 atom stereocenters. The van der Waals surface area contributed by atoms with E-state index in [4.69, 9.17) is 5.73 Å². The lowest BCUT2D eigenvalue weighted by molar-refractivity contribution is 0.580. The highest BCUT2D eigenvalue weighted by Gasteiger charge is 2.07. The van der Waals surface area contributed by atoms with Gasteiger partial charge in [0, 0.05) is 24.2 Å². The number of aryl methyl sites for hydroxylation is 1. The van der Waals surface area contributed by atoms with Gasteiger partial charge in [0.05, 0.1) is 0 Å². The number of hydrogen-bond donors (Lipinski definition) is 1. The standard InChI is InChI=1S/C13H12F2N2/c1-8-2-3-17-13(16)12(8)6-9-4-10(14)7-11(15)5-9/h2-5,7H,6H2,1H3,(H2,16,17). The van der Waals surface area contributed by atoms with Gasteiger partial charge in [-0.1, -0.05) is 0 Å². The van der Waals surface area contributed by atoms with Gasteiger partial charge < -0.3 is 5.73 Å². The summed E-state index contributed by atoms with van der Waals surface area (Å²) < 4.78 is 26.1. The fourth-order valence-electron chi connectivity index (χ4n) is 1.76. The number of hydrogen-bond acceptors (Lipinski definition) is 2. The van der Waals surface area contributed by atoms with Gasteiger partial charge in [0.25, 0.3) is 0 Å². The maximum atomic E-state index is 13.0. The molecule has 17 heavy (non-hydrogen) atoms. The van der Waals surface area contributed by atoms with Gasteiger partial charge in [-0.05, 0) is 36.2 Å². The molecule has 1 heterocycles. The van der Waals surface area contributed by atoms with Crippen molar-refractivity contribution < 1.29 is 8.78 Å². The van der Waals surface area contributed by atoms with Gasteiger partial charge in [0.2, 0.25) is 0 Å². The average Bonchev–Trinajstić information content (AvgIpc) is 2.22. The van der Waals surface area contributed by atoms with Crippen molar-refractivity contribution in [3.05, 3.63) is 58.8 Å². The van der Waals surface area contributed by atoms with Gasteiger partial charge in [0.15, 0.2) is 0 Å². The van der Waals surface area contributed by atoms with E-state index in [1.54, 1.807) is 6.20 Å². The zero-order chi connectivity index (χ0) is 12.4. The van der Waals surface area contributed by atoms with Crippen molar-refractivity contribution in [2.75, 3.05) is 5.73 Å². The summed E-state index contributed by atoms with van der Waals surface area (Å²) in [7, 11) is 0. The van der Waals surface area contributed by atoms with E-state index in [2.05, 4.69) is 4.98 Å². The third-order valence-electron chi connectivity index (χ3n) is 2.63. The Bertz CT molecular complexity index is 513. The van der Waals surface area contributed by atoms with Crippen LogP contribution in [0.15, 0.2) is 30.5 Å². The molecule has 4 heteroatoms. The van der Waals surface area contributed by atoms with Crippen LogP contribution in [-0.2, 0) is 6.42 Å². The number of aromatic nitrogens is 1. The summed E-state index contributed by atoms with van der Waals surface area (Å²) in [5.74, 6) is -0.769. The van der Waals surface area contributed by atoms with E-state index in [9.17, 15) is 8.78 Å². The quantitative estimate of drug-likeness (QED) is 0.867. The van der Waals surface area contributed by atoms with E-state index in [0.717, 1.165) is 17.2 Å². The minimum Gasteiger partial charge on any atom is -0.383 e. The minimum absolute atomic E-state index is 0.375. The summed E-state index contributed by atoms with van der Waals surface area (Å²) in [5.41, 5.74) is 8.06. The molecule has 1 aromatic heterocycles. The predicted molar refractivity (Wildman–Crippen MR) is 62.6 cm³/mol. The molecule has 0 saturated heterocycles. The third kappa shape index (κ3) is 2.58. The topological polar surface area (TPSA) is 38.9 Å². The van der Waals surface area contributed by atoms with Gasteiger partial charge in [-0.3, -0.25) is 0 Å². The maximum Gasteiger partial charge on any atom is 0.127 e. The van der Waals surface area contributed by atoms with Gasteiger partial charge in [-0.25, -0.2) is 13.8 Å². The molecule has 88 valence electrons. The molecule has 0 unspecified atom stereocenters. The highest BCUT2D eigenvalue weighted by Crippen LogP contribution is 2.19. The van der Waals surface area contributed by atoms with Crippen LogP contribution in [0.3, 0.4) is 0 Å². The Morgan fingerprint density at radius 1 is 1.18 bits per heavy atom. The van der Waals surface area contributed by atoms with E-state index < -0.39 is 11.6 Å².